The molecule has 0 fully saturated rings. The van der Waals surface area contributed by atoms with Crippen LogP contribution in [0, 0.1) is 5.82 Å². The van der Waals surface area contributed by atoms with E-state index < -0.39 is 40.4 Å². The van der Waals surface area contributed by atoms with Crippen molar-refractivity contribution in [2.24, 2.45) is 10.7 Å². The van der Waals surface area contributed by atoms with Crippen molar-refractivity contribution >= 4 is 29.2 Å². The number of carbonyl (C=O) groups excluding carboxylic acids is 1. The van der Waals surface area contributed by atoms with E-state index in [9.17, 15) is 9.18 Å². The summed E-state index contributed by atoms with van der Waals surface area (Å²) < 4.78 is 49.9. The molecule has 0 saturated heterocycles. The topological polar surface area (TPSA) is 102 Å². The van der Waals surface area contributed by atoms with E-state index in [2.05, 4.69) is 20.3 Å². The van der Waals surface area contributed by atoms with E-state index in [0.717, 1.165) is 32.9 Å². The summed E-state index contributed by atoms with van der Waals surface area (Å²) in [5, 5.41) is 2.67. The van der Waals surface area contributed by atoms with E-state index in [4.69, 9.17) is 22.1 Å². The van der Waals surface area contributed by atoms with Gasteiger partial charge < -0.3 is 15.8 Å². The highest BCUT2D eigenvalue weighted by Gasteiger charge is 2.66. The highest BCUT2D eigenvalue weighted by molar-refractivity contribution is 6.30. The van der Waals surface area contributed by atoms with Crippen molar-refractivity contribution in [3.8, 4) is 0 Å². The third kappa shape index (κ3) is 3.48. The van der Waals surface area contributed by atoms with Crippen LogP contribution in [-0.2, 0) is 10.3 Å². The molecule has 3 N–H and O–H groups in total. The number of benzene rings is 1. The molecule has 0 aliphatic carbocycles. The van der Waals surface area contributed by atoms with Gasteiger partial charge in [-0.15, -0.1) is 0 Å². The molecule has 11 heteroatoms. The van der Waals surface area contributed by atoms with E-state index in [1.807, 2.05) is 0 Å². The van der Waals surface area contributed by atoms with Gasteiger partial charge in [0.05, 0.1) is 5.02 Å². The van der Waals surface area contributed by atoms with Crippen LogP contribution in [0.3, 0.4) is 0 Å². The SMILES string of the molecule is CC1(C)OC(N)=NC(C)(c2cc(NC(=O)c3ncc(Cl)cn3)ccc2F)C1(F)F. The Hall–Kier alpha value is -2.88. The van der Waals surface area contributed by atoms with Crippen molar-refractivity contribution in [1.82, 2.24) is 9.97 Å². The first-order valence-electron chi connectivity index (χ1n) is 8.38. The van der Waals surface area contributed by atoms with Gasteiger partial charge in [-0.1, -0.05) is 11.6 Å². The first-order valence-corrected chi connectivity index (χ1v) is 8.76. The smallest absolute Gasteiger partial charge is 0.315 e. The summed E-state index contributed by atoms with van der Waals surface area (Å²) in [7, 11) is 0. The van der Waals surface area contributed by atoms with E-state index in [-0.39, 0.29) is 16.5 Å². The lowest BCUT2D eigenvalue weighted by Crippen LogP contribution is -2.62. The number of amides is 1. The highest BCUT2D eigenvalue weighted by atomic mass is 35.5. The molecule has 1 aromatic heterocycles. The average molecular weight is 428 g/mol. The summed E-state index contributed by atoms with van der Waals surface area (Å²) in [6.07, 6.45) is 2.45. The van der Waals surface area contributed by atoms with Crippen LogP contribution in [0.4, 0.5) is 18.9 Å². The molecule has 154 valence electrons. The van der Waals surface area contributed by atoms with Gasteiger partial charge in [-0.3, -0.25) is 4.79 Å². The number of halogens is 4. The molecule has 1 aliphatic heterocycles. The number of hydrogen-bond acceptors (Lipinski definition) is 6. The van der Waals surface area contributed by atoms with Crippen molar-refractivity contribution in [2.45, 2.75) is 37.8 Å². The Morgan fingerprint density at radius 3 is 2.45 bits per heavy atom. The number of aliphatic imine (C=N–C) groups is 1. The summed E-state index contributed by atoms with van der Waals surface area (Å²) in [4.78, 5) is 23.5. The second-order valence-corrected chi connectivity index (χ2v) is 7.52. The number of carbonyl (C=O) groups is 1. The Morgan fingerprint density at radius 1 is 1.21 bits per heavy atom. The third-order valence-corrected chi connectivity index (χ3v) is 4.83. The number of nitrogens with one attached hydrogen (secondary N) is 1. The molecule has 0 bridgehead atoms. The zero-order valence-corrected chi connectivity index (χ0v) is 16.4. The summed E-state index contributed by atoms with van der Waals surface area (Å²) >= 11 is 5.68. The van der Waals surface area contributed by atoms with Gasteiger partial charge in [0, 0.05) is 23.6 Å². The average Bonchev–Trinajstić information content (AvgIpc) is 2.61. The van der Waals surface area contributed by atoms with Gasteiger partial charge >= 0.3 is 5.92 Å². The van der Waals surface area contributed by atoms with E-state index >= 15 is 8.78 Å². The zero-order valence-electron chi connectivity index (χ0n) is 15.6. The number of amidine groups is 1. The van der Waals surface area contributed by atoms with Gasteiger partial charge in [0.1, 0.15) is 5.82 Å². The largest absolute Gasteiger partial charge is 0.453 e. The molecular formula is C18H17ClF3N5O2. The number of hydrogen-bond donors (Lipinski definition) is 2. The normalized spacial score (nSPS) is 22.4. The maximum atomic E-state index is 15.2. The standard InChI is InChI=1S/C18H17ClF3N5O2/c1-16(2)18(21,22)17(3,27-15(23)29-16)11-6-10(4-5-12(11)20)26-14(28)13-24-7-9(19)8-25-13/h4-8H,1-3H3,(H2,23,27)(H,26,28). The Bertz CT molecular complexity index is 997. The monoisotopic (exact) mass is 427 g/mol. The third-order valence-electron chi connectivity index (χ3n) is 4.63. The molecule has 1 aromatic carbocycles. The van der Waals surface area contributed by atoms with Gasteiger partial charge in [-0.05, 0) is 39.0 Å². The quantitative estimate of drug-likeness (QED) is 0.780. The van der Waals surface area contributed by atoms with Crippen LogP contribution < -0.4 is 11.1 Å². The lowest BCUT2D eigenvalue weighted by atomic mass is 9.77. The maximum Gasteiger partial charge on any atom is 0.315 e. The number of anilines is 1. The first kappa shape index (κ1) is 20.8. The Kier molecular flexibility index (Phi) is 4.94. The van der Waals surface area contributed by atoms with E-state index in [0.29, 0.717) is 0 Å². The first-order chi connectivity index (χ1) is 13.4. The zero-order chi connectivity index (χ0) is 21.6. The fourth-order valence-electron chi connectivity index (χ4n) is 3.05. The summed E-state index contributed by atoms with van der Waals surface area (Å²) in [5.41, 5.74) is 0.737. The Balaban J connectivity index is 2.02. The van der Waals surface area contributed by atoms with Crippen LogP contribution in [0.5, 0.6) is 0 Å². The predicted molar refractivity (Wildman–Crippen MR) is 100 cm³/mol. The molecule has 2 aromatic rings. The predicted octanol–water partition coefficient (Wildman–Crippen LogP) is 3.50. The van der Waals surface area contributed by atoms with E-state index in [1.54, 1.807) is 0 Å². The molecule has 1 atom stereocenters. The molecule has 1 unspecified atom stereocenters. The molecule has 0 radical (unpaired) electrons. The van der Waals surface area contributed by atoms with Crippen LogP contribution in [-0.4, -0.2) is 33.4 Å². The number of aromatic nitrogens is 2. The molecule has 3 rings (SSSR count). The maximum absolute atomic E-state index is 15.2. The van der Waals surface area contributed by atoms with Crippen molar-refractivity contribution in [3.05, 3.63) is 52.8 Å². The second-order valence-electron chi connectivity index (χ2n) is 7.08. The molecule has 29 heavy (non-hydrogen) atoms. The highest BCUT2D eigenvalue weighted by Crippen LogP contribution is 2.51. The van der Waals surface area contributed by atoms with Crippen LogP contribution >= 0.6 is 11.6 Å². The molecule has 0 spiro atoms. The summed E-state index contributed by atoms with van der Waals surface area (Å²) in [6.45, 7) is 3.32. The Morgan fingerprint density at radius 2 is 1.83 bits per heavy atom. The van der Waals surface area contributed by atoms with Crippen molar-refractivity contribution in [3.63, 3.8) is 0 Å². The van der Waals surface area contributed by atoms with Crippen LogP contribution in [0.2, 0.25) is 5.02 Å². The Labute approximate surface area is 169 Å². The van der Waals surface area contributed by atoms with Crippen LogP contribution in [0.15, 0.2) is 35.6 Å². The molecule has 7 nitrogen and oxygen atoms in total. The number of nitrogens with zero attached hydrogens (tertiary/aromatic N) is 3. The van der Waals surface area contributed by atoms with Crippen molar-refractivity contribution in [1.29, 1.82) is 0 Å². The molecule has 2 heterocycles. The minimum absolute atomic E-state index is 0.0417. The molecular weight excluding hydrogens is 411 g/mol. The van der Waals surface area contributed by atoms with Crippen LogP contribution in [0.1, 0.15) is 37.0 Å². The van der Waals surface area contributed by atoms with Gasteiger partial charge in [0.15, 0.2) is 11.1 Å². The summed E-state index contributed by atoms with van der Waals surface area (Å²) in [6, 6.07) is 2.73. The number of ether oxygens (including phenoxy) is 1. The fraction of sp³-hybridized carbons (Fsp3) is 0.333. The van der Waals surface area contributed by atoms with Crippen molar-refractivity contribution in [2.75, 3.05) is 5.32 Å². The lowest BCUT2D eigenvalue weighted by molar-refractivity contribution is -0.207. The minimum Gasteiger partial charge on any atom is -0.453 e. The van der Waals surface area contributed by atoms with Gasteiger partial charge in [-0.2, -0.15) is 8.78 Å². The summed E-state index contributed by atoms with van der Waals surface area (Å²) in [5.74, 6) is -5.51. The molecule has 1 aliphatic rings. The van der Waals surface area contributed by atoms with E-state index in [1.165, 1.54) is 18.5 Å². The second kappa shape index (κ2) is 6.87. The molecule has 1 amide bonds. The lowest BCUT2D eigenvalue weighted by Gasteiger charge is -2.46. The van der Waals surface area contributed by atoms with Crippen LogP contribution in [0.25, 0.3) is 0 Å². The van der Waals surface area contributed by atoms with Crippen molar-refractivity contribution < 1.29 is 22.7 Å². The minimum atomic E-state index is -3.63. The van der Waals surface area contributed by atoms with Gasteiger partial charge in [0.25, 0.3) is 11.9 Å². The molecule has 0 saturated carbocycles. The van der Waals surface area contributed by atoms with Gasteiger partial charge in [-0.25, -0.2) is 19.4 Å². The number of alkyl halides is 2. The number of nitrogens with two attached hydrogens (primary N) is 1. The fourth-order valence-corrected chi connectivity index (χ4v) is 3.14. The van der Waals surface area contributed by atoms with Gasteiger partial charge in [0.2, 0.25) is 5.82 Å². The number of rotatable bonds is 3.